The molecule has 0 fully saturated rings. The molecular formula is C13H20N2O3. The van der Waals surface area contributed by atoms with Gasteiger partial charge in [0.1, 0.15) is 0 Å². The number of carboxylic acid groups (broad SMARTS) is 1. The van der Waals surface area contributed by atoms with Crippen molar-refractivity contribution < 1.29 is 9.90 Å². The summed E-state index contributed by atoms with van der Waals surface area (Å²) in [6.45, 7) is 7.39. The van der Waals surface area contributed by atoms with Crippen LogP contribution in [0.15, 0.2) is 23.1 Å². The molecular weight excluding hydrogens is 232 g/mol. The van der Waals surface area contributed by atoms with E-state index >= 15 is 0 Å². The van der Waals surface area contributed by atoms with E-state index in [1.807, 2.05) is 0 Å². The molecule has 5 heteroatoms. The lowest BCUT2D eigenvalue weighted by atomic mass is 10.3. The maximum Gasteiger partial charge on any atom is 0.337 e. The number of rotatable bonds is 7. The Morgan fingerprint density at radius 2 is 2.06 bits per heavy atom. The molecule has 0 atom stereocenters. The predicted molar refractivity (Wildman–Crippen MR) is 70.1 cm³/mol. The molecule has 0 aliphatic heterocycles. The van der Waals surface area contributed by atoms with Crippen LogP contribution in [0.2, 0.25) is 0 Å². The molecule has 0 radical (unpaired) electrons. The van der Waals surface area contributed by atoms with E-state index in [-0.39, 0.29) is 11.1 Å². The maximum atomic E-state index is 11.6. The highest BCUT2D eigenvalue weighted by molar-refractivity contribution is 5.87. The van der Waals surface area contributed by atoms with E-state index in [0.717, 1.165) is 26.1 Å². The summed E-state index contributed by atoms with van der Waals surface area (Å²) < 4.78 is 1.46. The Hall–Kier alpha value is -1.62. The van der Waals surface area contributed by atoms with Gasteiger partial charge in [-0.3, -0.25) is 4.79 Å². The summed E-state index contributed by atoms with van der Waals surface area (Å²) in [5.74, 6) is -1.01. The maximum absolute atomic E-state index is 11.6. The van der Waals surface area contributed by atoms with Gasteiger partial charge in [-0.05, 0) is 25.6 Å². The molecule has 0 aliphatic rings. The van der Waals surface area contributed by atoms with Gasteiger partial charge in [-0.15, -0.1) is 0 Å². The third-order valence-corrected chi connectivity index (χ3v) is 2.87. The Labute approximate surface area is 107 Å². The number of carboxylic acids is 1. The Kier molecular flexibility index (Phi) is 5.58. The van der Waals surface area contributed by atoms with Crippen molar-refractivity contribution in [3.63, 3.8) is 0 Å². The number of nitrogens with zero attached hydrogens (tertiary/aromatic N) is 2. The molecule has 100 valence electrons. The van der Waals surface area contributed by atoms with Crippen molar-refractivity contribution in [2.45, 2.75) is 26.8 Å². The summed E-state index contributed by atoms with van der Waals surface area (Å²) >= 11 is 0. The van der Waals surface area contributed by atoms with Crippen LogP contribution >= 0.6 is 0 Å². The highest BCUT2D eigenvalue weighted by Gasteiger charge is 2.06. The Morgan fingerprint density at radius 1 is 1.33 bits per heavy atom. The lowest BCUT2D eigenvalue weighted by Gasteiger charge is -2.19. The van der Waals surface area contributed by atoms with Crippen molar-refractivity contribution in [2.24, 2.45) is 0 Å². The quantitative estimate of drug-likeness (QED) is 0.794. The van der Waals surface area contributed by atoms with Crippen LogP contribution in [0.3, 0.4) is 0 Å². The summed E-state index contributed by atoms with van der Waals surface area (Å²) in [5, 5.41) is 8.88. The van der Waals surface area contributed by atoms with Gasteiger partial charge in [-0.1, -0.05) is 13.8 Å². The molecule has 5 nitrogen and oxygen atoms in total. The summed E-state index contributed by atoms with van der Waals surface area (Å²) in [5.41, 5.74) is -0.0132. The van der Waals surface area contributed by atoms with Gasteiger partial charge in [0, 0.05) is 25.4 Å². The minimum Gasteiger partial charge on any atom is -0.478 e. The zero-order valence-corrected chi connectivity index (χ0v) is 10.9. The molecule has 0 aliphatic carbocycles. The fourth-order valence-electron chi connectivity index (χ4n) is 1.83. The number of hydrogen-bond acceptors (Lipinski definition) is 3. The average molecular weight is 252 g/mol. The summed E-state index contributed by atoms with van der Waals surface area (Å²) in [7, 11) is 0. The summed E-state index contributed by atoms with van der Waals surface area (Å²) in [6.07, 6.45) is 2.47. The van der Waals surface area contributed by atoms with Crippen molar-refractivity contribution in [1.82, 2.24) is 9.47 Å². The van der Waals surface area contributed by atoms with Crippen molar-refractivity contribution >= 4 is 5.97 Å². The highest BCUT2D eigenvalue weighted by Crippen LogP contribution is 1.97. The molecule has 0 aromatic carbocycles. The summed E-state index contributed by atoms with van der Waals surface area (Å²) in [6, 6.07) is 2.64. The number of pyridine rings is 1. The average Bonchev–Trinajstić information content (AvgIpc) is 2.35. The zero-order chi connectivity index (χ0) is 13.5. The number of carbonyl (C=O) groups is 1. The lowest BCUT2D eigenvalue weighted by molar-refractivity contribution is 0.0695. The van der Waals surface area contributed by atoms with Crippen molar-refractivity contribution in [3.05, 3.63) is 34.2 Å². The van der Waals surface area contributed by atoms with Gasteiger partial charge in [0.15, 0.2) is 0 Å². The van der Waals surface area contributed by atoms with Crippen LogP contribution in [0.4, 0.5) is 0 Å². The largest absolute Gasteiger partial charge is 0.478 e. The van der Waals surface area contributed by atoms with Gasteiger partial charge in [0.05, 0.1) is 5.56 Å². The van der Waals surface area contributed by atoms with Crippen molar-refractivity contribution in [3.8, 4) is 0 Å². The Morgan fingerprint density at radius 3 is 2.61 bits per heavy atom. The molecule has 0 saturated heterocycles. The minimum atomic E-state index is -1.01. The monoisotopic (exact) mass is 252 g/mol. The molecule has 1 aromatic heterocycles. The fourth-order valence-corrected chi connectivity index (χ4v) is 1.83. The fraction of sp³-hybridized carbons (Fsp3) is 0.538. The van der Waals surface area contributed by atoms with Gasteiger partial charge >= 0.3 is 5.97 Å². The summed E-state index contributed by atoms with van der Waals surface area (Å²) in [4.78, 5) is 24.7. The van der Waals surface area contributed by atoms with Crippen LogP contribution < -0.4 is 5.56 Å². The van der Waals surface area contributed by atoms with Gasteiger partial charge < -0.3 is 14.6 Å². The van der Waals surface area contributed by atoms with Crippen LogP contribution in [0.5, 0.6) is 0 Å². The molecule has 18 heavy (non-hydrogen) atoms. The number of hydrogen-bond donors (Lipinski definition) is 1. The van der Waals surface area contributed by atoms with Crippen molar-refractivity contribution in [1.29, 1.82) is 0 Å². The molecule has 1 aromatic rings. The first-order valence-electron chi connectivity index (χ1n) is 6.24. The standard InChI is InChI=1S/C13H20N2O3/c1-3-7-14(4-2)8-9-15-10-11(13(17)18)5-6-12(15)16/h5-6,10H,3-4,7-9H2,1-2H3,(H,17,18). The van der Waals surface area contributed by atoms with E-state index in [2.05, 4.69) is 18.7 Å². The van der Waals surface area contributed by atoms with Crippen LogP contribution in [0.1, 0.15) is 30.6 Å². The van der Waals surface area contributed by atoms with E-state index in [1.165, 1.54) is 22.9 Å². The molecule has 1 N–H and O–H groups in total. The van der Waals surface area contributed by atoms with Gasteiger partial charge in [0.25, 0.3) is 5.56 Å². The van der Waals surface area contributed by atoms with Crippen LogP contribution in [0, 0.1) is 0 Å². The Bertz CT molecular complexity index is 454. The molecule has 0 spiro atoms. The number of likely N-dealkylation sites (N-methyl/N-ethyl adjacent to an activating group) is 1. The predicted octanol–water partition coefficient (Wildman–Crippen LogP) is 1.28. The van der Waals surface area contributed by atoms with Crippen LogP contribution in [0.25, 0.3) is 0 Å². The highest BCUT2D eigenvalue weighted by atomic mass is 16.4. The third kappa shape index (κ3) is 4.00. The van der Waals surface area contributed by atoms with Gasteiger partial charge in [0.2, 0.25) is 0 Å². The van der Waals surface area contributed by atoms with Gasteiger partial charge in [-0.2, -0.15) is 0 Å². The van der Waals surface area contributed by atoms with Crippen LogP contribution in [-0.2, 0) is 6.54 Å². The number of aromatic nitrogens is 1. The topological polar surface area (TPSA) is 62.5 Å². The van der Waals surface area contributed by atoms with Gasteiger partial charge in [-0.25, -0.2) is 4.79 Å². The minimum absolute atomic E-state index is 0.146. The zero-order valence-electron chi connectivity index (χ0n) is 10.9. The first-order valence-corrected chi connectivity index (χ1v) is 6.24. The van der Waals surface area contributed by atoms with E-state index in [1.54, 1.807) is 0 Å². The Balaban J connectivity index is 2.74. The van der Waals surface area contributed by atoms with Crippen molar-refractivity contribution in [2.75, 3.05) is 19.6 Å². The second-order valence-electron chi connectivity index (χ2n) is 4.19. The van der Waals surface area contributed by atoms with E-state index in [0.29, 0.717) is 6.54 Å². The second-order valence-corrected chi connectivity index (χ2v) is 4.19. The van der Waals surface area contributed by atoms with Crippen LogP contribution in [-0.4, -0.2) is 40.2 Å². The normalized spacial score (nSPS) is 10.8. The molecule has 0 saturated carbocycles. The number of aromatic carboxylic acids is 1. The third-order valence-electron chi connectivity index (χ3n) is 2.87. The lowest BCUT2D eigenvalue weighted by Crippen LogP contribution is -2.31. The van der Waals surface area contributed by atoms with E-state index < -0.39 is 5.97 Å². The first-order chi connectivity index (χ1) is 8.58. The smallest absolute Gasteiger partial charge is 0.337 e. The SMILES string of the molecule is CCCN(CC)CCn1cc(C(=O)O)ccc1=O. The molecule has 0 unspecified atom stereocenters. The molecule has 0 bridgehead atoms. The molecule has 1 heterocycles. The first kappa shape index (κ1) is 14.4. The molecule has 0 amide bonds. The molecule has 1 rings (SSSR count). The van der Waals surface area contributed by atoms with E-state index in [4.69, 9.17) is 5.11 Å². The van der Waals surface area contributed by atoms with E-state index in [9.17, 15) is 9.59 Å². The second kappa shape index (κ2) is 6.96.